The van der Waals surface area contributed by atoms with Crippen molar-refractivity contribution in [3.8, 4) is 55.9 Å². The standard InChI is InChI=1S/C53H50N2.Ir/c1-37-32-39(15-14-38-16-18-44(19-17-38)51-29-28-48(36-55-51)53(2,3)4)34-47(33-37)50-13-9-8-12-49(50)43-24-26-45(27-25-43)52-35-46(30-31-54-52)42-22-20-41(21-23-42)40-10-6-5-7-11-40;/h8-9,12-13,16-18,20-26,28-36,40H,5-7,10-11,14-15H2,1-4H3;/q-2;/i40D;. The van der Waals surface area contributed by atoms with Crippen LogP contribution in [0.2, 0.25) is 0 Å². The molecule has 0 atom stereocenters. The summed E-state index contributed by atoms with van der Waals surface area (Å²) in [6, 6.07) is 52.7. The van der Waals surface area contributed by atoms with Crippen LogP contribution in [0.5, 0.6) is 0 Å². The van der Waals surface area contributed by atoms with Crippen LogP contribution in [0.15, 0.2) is 140 Å². The Labute approximate surface area is 349 Å². The molecular weight excluding hydrogens is 857 g/mol. The average Bonchev–Trinajstić information content (AvgIpc) is 3.23. The fraction of sp³-hybridized carbons (Fsp3) is 0.245. The minimum Gasteiger partial charge on any atom is -0.305 e. The van der Waals surface area contributed by atoms with E-state index < -0.39 is 5.89 Å². The Bertz CT molecular complexity index is 2420. The van der Waals surface area contributed by atoms with Crippen molar-refractivity contribution in [2.75, 3.05) is 0 Å². The zero-order valence-corrected chi connectivity index (χ0v) is 35.4. The van der Waals surface area contributed by atoms with Gasteiger partial charge in [-0.05, 0) is 93.9 Å². The van der Waals surface area contributed by atoms with Crippen LogP contribution in [0.1, 0.15) is 88.0 Å². The molecule has 1 fully saturated rings. The van der Waals surface area contributed by atoms with E-state index in [9.17, 15) is 0 Å². The van der Waals surface area contributed by atoms with Gasteiger partial charge in [0.25, 0.3) is 0 Å². The third-order valence-corrected chi connectivity index (χ3v) is 11.1. The van der Waals surface area contributed by atoms with Gasteiger partial charge in [-0.1, -0.05) is 148 Å². The topological polar surface area (TPSA) is 25.8 Å². The van der Waals surface area contributed by atoms with E-state index in [0.717, 1.165) is 83.3 Å². The zero-order valence-electron chi connectivity index (χ0n) is 34.0. The molecule has 1 aliphatic rings. The summed E-state index contributed by atoms with van der Waals surface area (Å²) in [5.74, 6) is -0.442. The molecule has 0 unspecified atom stereocenters. The van der Waals surface area contributed by atoms with E-state index in [1.807, 2.05) is 12.4 Å². The predicted octanol–water partition coefficient (Wildman–Crippen LogP) is 13.8. The van der Waals surface area contributed by atoms with Gasteiger partial charge in [-0.15, -0.1) is 65.2 Å². The van der Waals surface area contributed by atoms with Crippen molar-refractivity contribution >= 4 is 0 Å². The summed E-state index contributed by atoms with van der Waals surface area (Å²) in [6.45, 7) is 8.83. The molecule has 1 aliphatic carbocycles. The molecule has 0 aliphatic heterocycles. The van der Waals surface area contributed by atoms with E-state index in [2.05, 4.69) is 167 Å². The molecule has 1 radical (unpaired) electrons. The second-order valence-corrected chi connectivity index (χ2v) is 16.2. The molecule has 5 aromatic carbocycles. The third kappa shape index (κ3) is 9.18. The van der Waals surface area contributed by atoms with Gasteiger partial charge in [0, 0.05) is 33.9 Å². The summed E-state index contributed by atoms with van der Waals surface area (Å²) in [6.07, 6.45) is 11.2. The van der Waals surface area contributed by atoms with Crippen molar-refractivity contribution in [1.82, 2.24) is 9.97 Å². The van der Waals surface area contributed by atoms with Gasteiger partial charge in [0.2, 0.25) is 0 Å². The van der Waals surface area contributed by atoms with Crippen LogP contribution in [-0.2, 0) is 38.4 Å². The summed E-state index contributed by atoms with van der Waals surface area (Å²) in [4.78, 5) is 9.45. The van der Waals surface area contributed by atoms with Gasteiger partial charge in [0.05, 0.1) is 0 Å². The first kappa shape index (κ1) is 37.9. The molecule has 0 saturated heterocycles. The first-order chi connectivity index (χ1) is 27.1. The molecule has 0 amide bonds. The normalized spacial score (nSPS) is 14.1. The van der Waals surface area contributed by atoms with Crippen LogP contribution in [-0.4, -0.2) is 9.97 Å². The number of aryl methyl sites for hydroxylation is 3. The van der Waals surface area contributed by atoms with Crippen LogP contribution in [0.25, 0.3) is 55.9 Å². The van der Waals surface area contributed by atoms with Gasteiger partial charge in [-0.25, -0.2) is 0 Å². The molecule has 2 aromatic heterocycles. The van der Waals surface area contributed by atoms with Crippen LogP contribution >= 0.6 is 0 Å². The molecule has 7 aromatic rings. The molecular formula is C53H50IrN2-2. The van der Waals surface area contributed by atoms with Gasteiger partial charge >= 0.3 is 0 Å². The molecule has 0 N–H and O–H groups in total. The molecule has 1 saturated carbocycles. The maximum absolute atomic E-state index is 9.02. The number of aromatic nitrogens is 2. The maximum Gasteiger partial charge on any atom is 0.0352 e. The van der Waals surface area contributed by atoms with E-state index in [1.165, 1.54) is 45.4 Å². The van der Waals surface area contributed by atoms with Crippen LogP contribution in [0.4, 0.5) is 0 Å². The molecule has 0 spiro atoms. The largest absolute Gasteiger partial charge is 0.305 e. The van der Waals surface area contributed by atoms with Crippen molar-refractivity contribution in [2.45, 2.75) is 83.9 Å². The molecule has 8 rings (SSSR count). The van der Waals surface area contributed by atoms with E-state index in [1.54, 1.807) is 0 Å². The Morgan fingerprint density at radius 3 is 2.00 bits per heavy atom. The SMILES string of the molecule is [2H]C1(c2ccc(-c3ccnc(-c4[c-]cc(-c5ccccc5-c5cc(C)cc(CCc6c[c-]c(-c7ccc(C(C)(C)C)cn7)cc6)c5)cc4)c3)cc2)CCCCC1.[Ir]. The van der Waals surface area contributed by atoms with Crippen LogP contribution in [0.3, 0.4) is 0 Å². The number of hydrogen-bond acceptors (Lipinski definition) is 2. The van der Waals surface area contributed by atoms with Crippen molar-refractivity contribution in [3.05, 3.63) is 180 Å². The number of pyridine rings is 2. The fourth-order valence-corrected chi connectivity index (χ4v) is 7.88. The summed E-state index contributed by atoms with van der Waals surface area (Å²) in [5.41, 5.74) is 17.2. The minimum absolute atomic E-state index is 0. The van der Waals surface area contributed by atoms with Gasteiger partial charge < -0.3 is 9.97 Å². The van der Waals surface area contributed by atoms with Gasteiger partial charge in [-0.2, -0.15) is 0 Å². The Hall–Kier alpha value is -4.95. The second kappa shape index (κ2) is 17.5. The zero-order chi connectivity index (χ0) is 38.7. The van der Waals surface area contributed by atoms with Crippen molar-refractivity contribution in [3.63, 3.8) is 0 Å². The maximum atomic E-state index is 9.02. The van der Waals surface area contributed by atoms with Crippen molar-refractivity contribution in [1.29, 1.82) is 0 Å². The molecule has 3 heteroatoms. The summed E-state index contributed by atoms with van der Waals surface area (Å²) in [7, 11) is 0. The van der Waals surface area contributed by atoms with Gasteiger partial charge in [0.15, 0.2) is 0 Å². The Balaban J connectivity index is 0.00000496. The van der Waals surface area contributed by atoms with E-state index in [-0.39, 0.29) is 25.5 Å². The molecule has 2 heterocycles. The summed E-state index contributed by atoms with van der Waals surface area (Å²) >= 11 is 0. The van der Waals surface area contributed by atoms with Gasteiger partial charge in [0.1, 0.15) is 0 Å². The Morgan fingerprint density at radius 2 is 1.32 bits per heavy atom. The molecule has 283 valence electrons. The number of nitrogens with zero attached hydrogens (tertiary/aromatic N) is 2. The predicted molar refractivity (Wildman–Crippen MR) is 230 cm³/mol. The quantitative estimate of drug-likeness (QED) is 0.135. The Kier molecular flexibility index (Phi) is 11.8. The average molecular weight is 908 g/mol. The first-order valence-corrected chi connectivity index (χ1v) is 19.9. The monoisotopic (exact) mass is 908 g/mol. The number of benzene rings is 5. The second-order valence-electron chi connectivity index (χ2n) is 16.2. The fourth-order valence-electron chi connectivity index (χ4n) is 7.88. The third-order valence-electron chi connectivity index (χ3n) is 11.1. The van der Waals surface area contributed by atoms with Crippen molar-refractivity contribution < 1.29 is 21.5 Å². The van der Waals surface area contributed by atoms with E-state index in [4.69, 9.17) is 11.3 Å². The first-order valence-electron chi connectivity index (χ1n) is 20.4. The number of rotatable bonds is 9. The molecule has 2 nitrogen and oxygen atoms in total. The Morgan fingerprint density at radius 1 is 0.625 bits per heavy atom. The smallest absolute Gasteiger partial charge is 0.0352 e. The summed E-state index contributed by atoms with van der Waals surface area (Å²) < 4.78 is 9.02. The van der Waals surface area contributed by atoms with Crippen molar-refractivity contribution in [2.24, 2.45) is 0 Å². The molecule has 0 bridgehead atoms. The van der Waals surface area contributed by atoms with E-state index in [0.29, 0.717) is 0 Å². The van der Waals surface area contributed by atoms with Gasteiger partial charge in [-0.3, -0.25) is 0 Å². The molecule has 56 heavy (non-hydrogen) atoms. The minimum atomic E-state index is -0.442. The summed E-state index contributed by atoms with van der Waals surface area (Å²) in [5, 5.41) is 0. The van der Waals surface area contributed by atoms with Crippen LogP contribution < -0.4 is 0 Å². The van der Waals surface area contributed by atoms with Crippen LogP contribution in [0, 0.1) is 19.1 Å². The van der Waals surface area contributed by atoms with E-state index >= 15 is 0 Å². The number of hydrogen-bond donors (Lipinski definition) is 0.